The Kier molecular flexibility index (Phi) is 3.62. The molecule has 0 spiro atoms. The summed E-state index contributed by atoms with van der Waals surface area (Å²) in [5.74, 6) is -0.185. The van der Waals surface area contributed by atoms with E-state index in [1.807, 2.05) is 0 Å². The van der Waals surface area contributed by atoms with Crippen LogP contribution >= 0.6 is 15.9 Å². The molecule has 2 amide bonds. The lowest BCUT2D eigenvalue weighted by atomic mass is 9.96. The Hall–Kier alpha value is -1.43. The Morgan fingerprint density at radius 3 is 2.74 bits per heavy atom. The molecule has 1 fully saturated rings. The van der Waals surface area contributed by atoms with E-state index in [0.29, 0.717) is 23.3 Å². The molecule has 1 aromatic heterocycles. The third-order valence-corrected chi connectivity index (χ3v) is 3.86. The Morgan fingerprint density at radius 2 is 2.11 bits per heavy atom. The summed E-state index contributed by atoms with van der Waals surface area (Å²) in [5.41, 5.74) is -0.285. The van der Waals surface area contributed by atoms with Crippen LogP contribution < -0.4 is 0 Å². The van der Waals surface area contributed by atoms with Gasteiger partial charge in [0, 0.05) is 31.9 Å². The standard InChI is InChI=1S/C13H16BrN3O2/c1-13(2)12(19)16(3)6-7-17(13)11(18)9-4-5-15-10(14)8-9/h4-5,8H,6-7H2,1-3H3. The molecular weight excluding hydrogens is 310 g/mol. The Labute approximate surface area is 120 Å². The van der Waals surface area contributed by atoms with Crippen molar-refractivity contribution in [3.05, 3.63) is 28.5 Å². The minimum atomic E-state index is -0.820. The summed E-state index contributed by atoms with van der Waals surface area (Å²) in [6, 6.07) is 3.33. The van der Waals surface area contributed by atoms with Gasteiger partial charge in [-0.05, 0) is 41.9 Å². The predicted molar refractivity (Wildman–Crippen MR) is 74.7 cm³/mol. The van der Waals surface area contributed by atoms with Crippen LogP contribution in [0.1, 0.15) is 24.2 Å². The Bertz CT molecular complexity index is 530. The number of carbonyl (C=O) groups excluding carboxylic acids is 2. The zero-order valence-corrected chi connectivity index (χ0v) is 12.8. The van der Waals surface area contributed by atoms with Crippen molar-refractivity contribution >= 4 is 27.7 Å². The van der Waals surface area contributed by atoms with E-state index in [4.69, 9.17) is 0 Å². The smallest absolute Gasteiger partial charge is 0.254 e. The molecule has 0 saturated carbocycles. The van der Waals surface area contributed by atoms with Gasteiger partial charge in [0.1, 0.15) is 10.1 Å². The van der Waals surface area contributed by atoms with Gasteiger partial charge >= 0.3 is 0 Å². The zero-order chi connectivity index (χ0) is 14.2. The number of carbonyl (C=O) groups is 2. The lowest BCUT2D eigenvalue weighted by molar-refractivity contribution is -0.144. The third kappa shape index (κ3) is 2.49. The van der Waals surface area contributed by atoms with Crippen LogP contribution in [0, 0.1) is 0 Å². The number of piperazine rings is 1. The van der Waals surface area contributed by atoms with Crippen molar-refractivity contribution < 1.29 is 9.59 Å². The number of aromatic nitrogens is 1. The van der Waals surface area contributed by atoms with Gasteiger partial charge in [-0.2, -0.15) is 0 Å². The normalized spacial score (nSPS) is 18.6. The van der Waals surface area contributed by atoms with Crippen LogP contribution in [0.15, 0.2) is 22.9 Å². The van der Waals surface area contributed by atoms with Gasteiger partial charge in [0.2, 0.25) is 5.91 Å². The average Bonchev–Trinajstić information content (AvgIpc) is 2.35. The first kappa shape index (κ1) is 14.0. The number of pyridine rings is 1. The molecule has 0 aliphatic carbocycles. The van der Waals surface area contributed by atoms with Gasteiger partial charge in [0.05, 0.1) is 0 Å². The van der Waals surface area contributed by atoms with E-state index in [-0.39, 0.29) is 11.8 Å². The highest BCUT2D eigenvalue weighted by atomic mass is 79.9. The van der Waals surface area contributed by atoms with Crippen molar-refractivity contribution in [1.29, 1.82) is 0 Å². The van der Waals surface area contributed by atoms with E-state index in [1.54, 1.807) is 49.0 Å². The van der Waals surface area contributed by atoms with Crippen molar-refractivity contribution in [2.75, 3.05) is 20.1 Å². The quantitative estimate of drug-likeness (QED) is 0.736. The highest BCUT2D eigenvalue weighted by Crippen LogP contribution is 2.24. The number of nitrogens with zero attached hydrogens (tertiary/aromatic N) is 3. The van der Waals surface area contributed by atoms with Crippen LogP contribution in [0.3, 0.4) is 0 Å². The molecule has 0 atom stereocenters. The third-order valence-electron chi connectivity index (χ3n) is 3.42. The maximum atomic E-state index is 12.5. The fourth-order valence-electron chi connectivity index (χ4n) is 2.26. The molecule has 1 saturated heterocycles. The van der Waals surface area contributed by atoms with Crippen LogP contribution in [0.4, 0.5) is 0 Å². The summed E-state index contributed by atoms with van der Waals surface area (Å²) in [6.07, 6.45) is 1.57. The molecule has 5 nitrogen and oxygen atoms in total. The zero-order valence-electron chi connectivity index (χ0n) is 11.2. The fourth-order valence-corrected chi connectivity index (χ4v) is 2.63. The van der Waals surface area contributed by atoms with Crippen molar-refractivity contribution in [1.82, 2.24) is 14.8 Å². The van der Waals surface area contributed by atoms with Gasteiger partial charge in [-0.25, -0.2) is 4.98 Å². The number of halogens is 1. The molecule has 19 heavy (non-hydrogen) atoms. The van der Waals surface area contributed by atoms with Crippen molar-refractivity contribution in [2.24, 2.45) is 0 Å². The van der Waals surface area contributed by atoms with E-state index in [9.17, 15) is 9.59 Å². The first-order valence-electron chi connectivity index (χ1n) is 6.03. The predicted octanol–water partition coefficient (Wildman–Crippen LogP) is 1.54. The number of amides is 2. The number of likely N-dealkylation sites (N-methyl/N-ethyl adjacent to an activating group) is 1. The molecule has 2 heterocycles. The molecule has 102 valence electrons. The van der Waals surface area contributed by atoms with Crippen molar-refractivity contribution in [3.8, 4) is 0 Å². The summed E-state index contributed by atoms with van der Waals surface area (Å²) in [7, 11) is 1.76. The first-order chi connectivity index (χ1) is 8.84. The highest BCUT2D eigenvalue weighted by molar-refractivity contribution is 9.10. The molecule has 1 aliphatic rings. The molecule has 6 heteroatoms. The van der Waals surface area contributed by atoms with Gasteiger partial charge < -0.3 is 9.80 Å². The van der Waals surface area contributed by atoms with Crippen LogP contribution in [0.25, 0.3) is 0 Å². The molecule has 0 unspecified atom stereocenters. The summed E-state index contributed by atoms with van der Waals surface area (Å²) < 4.78 is 0.608. The summed E-state index contributed by atoms with van der Waals surface area (Å²) in [5, 5.41) is 0. The van der Waals surface area contributed by atoms with Crippen molar-refractivity contribution in [2.45, 2.75) is 19.4 Å². The van der Waals surface area contributed by atoms with Gasteiger partial charge in [-0.1, -0.05) is 0 Å². The van der Waals surface area contributed by atoms with Gasteiger partial charge in [0.15, 0.2) is 0 Å². The maximum absolute atomic E-state index is 12.5. The van der Waals surface area contributed by atoms with E-state index in [2.05, 4.69) is 20.9 Å². The second-order valence-corrected chi connectivity index (χ2v) is 5.92. The minimum absolute atomic E-state index is 0.0415. The number of hydrogen-bond donors (Lipinski definition) is 0. The summed E-state index contributed by atoms with van der Waals surface area (Å²) >= 11 is 3.25. The number of hydrogen-bond acceptors (Lipinski definition) is 3. The number of rotatable bonds is 1. The molecule has 0 radical (unpaired) electrons. The highest BCUT2D eigenvalue weighted by Gasteiger charge is 2.43. The summed E-state index contributed by atoms with van der Waals surface area (Å²) in [4.78, 5) is 32.0. The van der Waals surface area contributed by atoms with Crippen LogP contribution in [0.5, 0.6) is 0 Å². The fraction of sp³-hybridized carbons (Fsp3) is 0.462. The lowest BCUT2D eigenvalue weighted by Crippen LogP contribution is -2.63. The summed E-state index contributed by atoms with van der Waals surface area (Å²) in [6.45, 7) is 4.65. The Morgan fingerprint density at radius 1 is 1.42 bits per heavy atom. The molecule has 0 N–H and O–H groups in total. The van der Waals surface area contributed by atoms with Crippen LogP contribution in [0.2, 0.25) is 0 Å². The molecular formula is C13H16BrN3O2. The van der Waals surface area contributed by atoms with E-state index in [0.717, 1.165) is 0 Å². The Balaban J connectivity index is 2.31. The van der Waals surface area contributed by atoms with E-state index < -0.39 is 5.54 Å². The minimum Gasteiger partial charge on any atom is -0.342 e. The van der Waals surface area contributed by atoms with E-state index in [1.165, 1.54) is 0 Å². The molecule has 2 rings (SSSR count). The monoisotopic (exact) mass is 325 g/mol. The van der Waals surface area contributed by atoms with Gasteiger partial charge in [-0.15, -0.1) is 0 Å². The van der Waals surface area contributed by atoms with E-state index >= 15 is 0 Å². The van der Waals surface area contributed by atoms with Gasteiger partial charge in [0.25, 0.3) is 5.91 Å². The molecule has 0 bridgehead atoms. The molecule has 1 aliphatic heterocycles. The van der Waals surface area contributed by atoms with Crippen molar-refractivity contribution in [3.63, 3.8) is 0 Å². The first-order valence-corrected chi connectivity index (χ1v) is 6.82. The van der Waals surface area contributed by atoms with Gasteiger partial charge in [-0.3, -0.25) is 9.59 Å². The SMILES string of the molecule is CN1CCN(C(=O)c2ccnc(Br)c2)C(C)(C)C1=O. The molecule has 1 aromatic rings. The topological polar surface area (TPSA) is 53.5 Å². The lowest BCUT2D eigenvalue weighted by Gasteiger charge is -2.44. The average molecular weight is 326 g/mol. The molecule has 0 aromatic carbocycles. The largest absolute Gasteiger partial charge is 0.342 e. The second-order valence-electron chi connectivity index (χ2n) is 5.11. The maximum Gasteiger partial charge on any atom is 0.254 e. The van der Waals surface area contributed by atoms with Crippen LogP contribution in [-0.2, 0) is 4.79 Å². The second kappa shape index (κ2) is 4.92. The van der Waals surface area contributed by atoms with Crippen LogP contribution in [-0.4, -0.2) is 52.3 Å².